The molecule has 1 fully saturated rings. The second-order valence-electron chi connectivity index (χ2n) is 6.17. The van der Waals surface area contributed by atoms with Gasteiger partial charge in [-0.3, -0.25) is 0 Å². The summed E-state index contributed by atoms with van der Waals surface area (Å²) in [7, 11) is 1.60. The number of rotatable bonds is 4. The van der Waals surface area contributed by atoms with Gasteiger partial charge < -0.3 is 14.8 Å². The molecule has 1 saturated heterocycles. The number of aromatic nitrogens is 3. The third-order valence-corrected chi connectivity index (χ3v) is 4.62. The SMILES string of the molecule is COc1ncc(-c2ccnc(C3COCCN3)n2)cc1-c1cccc(Cl)c1. The summed E-state index contributed by atoms with van der Waals surface area (Å²) < 4.78 is 11.0. The first-order chi connectivity index (χ1) is 13.2. The molecular formula is C20H19ClN4O2. The van der Waals surface area contributed by atoms with Crippen molar-refractivity contribution in [2.45, 2.75) is 6.04 Å². The van der Waals surface area contributed by atoms with Crippen LogP contribution >= 0.6 is 11.6 Å². The lowest BCUT2D eigenvalue weighted by molar-refractivity contribution is 0.0742. The van der Waals surface area contributed by atoms with Crippen molar-refractivity contribution in [2.75, 3.05) is 26.9 Å². The van der Waals surface area contributed by atoms with Gasteiger partial charge in [-0.1, -0.05) is 23.7 Å². The average molecular weight is 383 g/mol. The van der Waals surface area contributed by atoms with Gasteiger partial charge in [-0.15, -0.1) is 0 Å². The molecule has 0 amide bonds. The molecule has 27 heavy (non-hydrogen) atoms. The summed E-state index contributed by atoms with van der Waals surface area (Å²) in [6, 6.07) is 11.5. The van der Waals surface area contributed by atoms with Crippen molar-refractivity contribution in [2.24, 2.45) is 0 Å². The standard InChI is InChI=1S/C20H19ClN4O2/c1-26-20-16(13-3-2-4-15(21)9-13)10-14(11-24-20)17-5-6-23-19(25-17)18-12-27-8-7-22-18/h2-6,9-11,18,22H,7-8,12H2,1H3. The van der Waals surface area contributed by atoms with Gasteiger partial charge in [0.1, 0.15) is 5.82 Å². The summed E-state index contributed by atoms with van der Waals surface area (Å²) in [5.74, 6) is 1.25. The highest BCUT2D eigenvalue weighted by Gasteiger charge is 2.19. The van der Waals surface area contributed by atoms with Crippen molar-refractivity contribution in [3.05, 3.63) is 59.6 Å². The minimum absolute atomic E-state index is 0.00249. The third kappa shape index (κ3) is 3.93. The van der Waals surface area contributed by atoms with Crippen molar-refractivity contribution in [1.29, 1.82) is 0 Å². The first-order valence-electron chi connectivity index (χ1n) is 8.69. The van der Waals surface area contributed by atoms with E-state index in [1.54, 1.807) is 19.5 Å². The summed E-state index contributed by atoms with van der Waals surface area (Å²) in [5.41, 5.74) is 3.47. The van der Waals surface area contributed by atoms with Gasteiger partial charge in [0, 0.05) is 35.1 Å². The molecule has 0 bridgehead atoms. The zero-order chi connectivity index (χ0) is 18.6. The lowest BCUT2D eigenvalue weighted by Crippen LogP contribution is -2.35. The molecule has 3 heterocycles. The van der Waals surface area contributed by atoms with Gasteiger partial charge >= 0.3 is 0 Å². The average Bonchev–Trinajstić information content (AvgIpc) is 2.74. The topological polar surface area (TPSA) is 69.2 Å². The Labute approximate surface area is 162 Å². The molecule has 1 aliphatic rings. The zero-order valence-electron chi connectivity index (χ0n) is 14.9. The number of nitrogens with zero attached hydrogens (tertiary/aromatic N) is 3. The predicted octanol–water partition coefficient (Wildman–Crippen LogP) is 3.53. The fourth-order valence-corrected chi connectivity index (χ4v) is 3.24. The quantitative estimate of drug-likeness (QED) is 0.744. The first kappa shape index (κ1) is 17.9. The second-order valence-corrected chi connectivity index (χ2v) is 6.61. The van der Waals surface area contributed by atoms with E-state index in [9.17, 15) is 0 Å². The Morgan fingerprint density at radius 1 is 1.19 bits per heavy atom. The summed E-state index contributed by atoms with van der Waals surface area (Å²) in [6.07, 6.45) is 3.51. The number of pyridine rings is 1. The van der Waals surface area contributed by atoms with Gasteiger partial charge in [0.2, 0.25) is 5.88 Å². The molecule has 1 N–H and O–H groups in total. The number of methoxy groups -OCH3 is 1. The van der Waals surface area contributed by atoms with Crippen molar-refractivity contribution in [3.8, 4) is 28.3 Å². The van der Waals surface area contributed by atoms with Crippen molar-refractivity contribution < 1.29 is 9.47 Å². The van der Waals surface area contributed by atoms with Crippen LogP contribution in [0.2, 0.25) is 5.02 Å². The van der Waals surface area contributed by atoms with Crippen molar-refractivity contribution in [3.63, 3.8) is 0 Å². The summed E-state index contributed by atoms with van der Waals surface area (Å²) in [5, 5.41) is 4.04. The Bertz CT molecular complexity index is 945. The maximum atomic E-state index is 6.15. The number of nitrogens with one attached hydrogen (secondary N) is 1. The zero-order valence-corrected chi connectivity index (χ0v) is 15.6. The largest absolute Gasteiger partial charge is 0.481 e. The fraction of sp³-hybridized carbons (Fsp3) is 0.250. The van der Waals surface area contributed by atoms with Crippen LogP contribution in [-0.4, -0.2) is 41.8 Å². The molecule has 0 spiro atoms. The summed E-state index contributed by atoms with van der Waals surface area (Å²) >= 11 is 6.15. The van der Waals surface area contributed by atoms with Crippen LogP contribution in [0.5, 0.6) is 5.88 Å². The van der Waals surface area contributed by atoms with E-state index in [0.29, 0.717) is 29.9 Å². The molecule has 0 aliphatic carbocycles. The minimum atomic E-state index is -0.00249. The number of hydrogen-bond donors (Lipinski definition) is 1. The monoisotopic (exact) mass is 382 g/mol. The normalized spacial score (nSPS) is 16.9. The highest BCUT2D eigenvalue weighted by molar-refractivity contribution is 6.30. The Morgan fingerprint density at radius 3 is 2.89 bits per heavy atom. The molecule has 7 heteroatoms. The van der Waals surface area contributed by atoms with Gasteiger partial charge in [0.05, 0.1) is 32.1 Å². The molecule has 1 unspecified atom stereocenters. The predicted molar refractivity (Wildman–Crippen MR) is 104 cm³/mol. The summed E-state index contributed by atoms with van der Waals surface area (Å²) in [4.78, 5) is 13.6. The van der Waals surface area contributed by atoms with Crippen LogP contribution in [0.15, 0.2) is 48.8 Å². The molecule has 4 rings (SSSR count). The Balaban J connectivity index is 1.73. The van der Waals surface area contributed by atoms with Crippen molar-refractivity contribution >= 4 is 11.6 Å². The molecule has 0 saturated carbocycles. The van der Waals surface area contributed by atoms with E-state index in [2.05, 4.69) is 15.3 Å². The maximum Gasteiger partial charge on any atom is 0.221 e. The summed E-state index contributed by atoms with van der Waals surface area (Å²) in [6.45, 7) is 2.07. The van der Waals surface area contributed by atoms with E-state index in [1.165, 1.54) is 0 Å². The maximum absolute atomic E-state index is 6.15. The lowest BCUT2D eigenvalue weighted by atomic mass is 10.0. The Hall–Kier alpha value is -2.54. The molecule has 1 atom stereocenters. The van der Waals surface area contributed by atoms with Crippen LogP contribution in [0.25, 0.3) is 22.4 Å². The van der Waals surface area contributed by atoms with E-state index in [1.807, 2.05) is 36.4 Å². The van der Waals surface area contributed by atoms with Crippen LogP contribution in [0.3, 0.4) is 0 Å². The van der Waals surface area contributed by atoms with E-state index in [4.69, 9.17) is 26.1 Å². The Morgan fingerprint density at radius 2 is 2.11 bits per heavy atom. The highest BCUT2D eigenvalue weighted by atomic mass is 35.5. The second kappa shape index (κ2) is 8.00. The van der Waals surface area contributed by atoms with E-state index < -0.39 is 0 Å². The minimum Gasteiger partial charge on any atom is -0.481 e. The van der Waals surface area contributed by atoms with E-state index in [-0.39, 0.29) is 6.04 Å². The van der Waals surface area contributed by atoms with Crippen LogP contribution in [0, 0.1) is 0 Å². The number of ether oxygens (including phenoxy) is 2. The van der Waals surface area contributed by atoms with E-state index >= 15 is 0 Å². The number of benzene rings is 1. The molecule has 138 valence electrons. The molecule has 3 aromatic rings. The van der Waals surface area contributed by atoms with Gasteiger partial charge in [0.15, 0.2) is 0 Å². The van der Waals surface area contributed by atoms with Gasteiger partial charge in [-0.2, -0.15) is 0 Å². The van der Waals surface area contributed by atoms with Crippen LogP contribution in [0.4, 0.5) is 0 Å². The first-order valence-corrected chi connectivity index (χ1v) is 9.07. The van der Waals surface area contributed by atoms with Crippen LogP contribution in [-0.2, 0) is 4.74 Å². The van der Waals surface area contributed by atoms with Gasteiger partial charge in [0.25, 0.3) is 0 Å². The fourth-order valence-electron chi connectivity index (χ4n) is 3.05. The molecule has 1 aliphatic heterocycles. The molecule has 6 nitrogen and oxygen atoms in total. The van der Waals surface area contributed by atoms with Gasteiger partial charge in [-0.05, 0) is 29.8 Å². The van der Waals surface area contributed by atoms with E-state index in [0.717, 1.165) is 28.9 Å². The van der Waals surface area contributed by atoms with Crippen molar-refractivity contribution in [1.82, 2.24) is 20.3 Å². The number of hydrogen-bond acceptors (Lipinski definition) is 6. The molecule has 2 aromatic heterocycles. The molecule has 1 aromatic carbocycles. The Kier molecular flexibility index (Phi) is 5.29. The lowest BCUT2D eigenvalue weighted by Gasteiger charge is -2.22. The molecule has 0 radical (unpaired) electrons. The highest BCUT2D eigenvalue weighted by Crippen LogP contribution is 2.33. The smallest absolute Gasteiger partial charge is 0.221 e. The third-order valence-electron chi connectivity index (χ3n) is 4.38. The molecular weight excluding hydrogens is 364 g/mol. The number of morpholine rings is 1. The number of halogens is 1. The van der Waals surface area contributed by atoms with Crippen LogP contribution in [0.1, 0.15) is 11.9 Å². The van der Waals surface area contributed by atoms with Gasteiger partial charge in [-0.25, -0.2) is 15.0 Å². The van der Waals surface area contributed by atoms with Crippen LogP contribution < -0.4 is 10.1 Å².